The molecule has 5 heteroatoms. The van der Waals surface area contributed by atoms with Gasteiger partial charge in [-0.3, -0.25) is 0 Å². The van der Waals surface area contributed by atoms with Crippen LogP contribution in [-0.4, -0.2) is 32.5 Å². The summed E-state index contributed by atoms with van der Waals surface area (Å²) in [5, 5.41) is 33.4. The minimum absolute atomic E-state index is 0.346. The summed E-state index contributed by atoms with van der Waals surface area (Å²) < 4.78 is 0. The van der Waals surface area contributed by atoms with Gasteiger partial charge in [0.25, 0.3) is 0 Å². The van der Waals surface area contributed by atoms with E-state index in [1.807, 2.05) is 5.38 Å². The molecule has 3 aliphatic carbocycles. The maximum Gasteiger partial charge on any atom is 0.121 e. The van der Waals surface area contributed by atoms with Crippen LogP contribution >= 0.6 is 11.3 Å². The number of allylic oxidation sites excluding steroid dienone is 3. The summed E-state index contributed by atoms with van der Waals surface area (Å²) >= 11 is 1.54. The van der Waals surface area contributed by atoms with E-state index >= 15 is 0 Å². The van der Waals surface area contributed by atoms with Gasteiger partial charge in [-0.05, 0) is 79.3 Å². The number of hydrogen-bond acceptors (Lipinski definition) is 5. The summed E-state index contributed by atoms with van der Waals surface area (Å²) in [7, 11) is 0. The van der Waals surface area contributed by atoms with Crippen LogP contribution in [0.1, 0.15) is 89.2 Å². The van der Waals surface area contributed by atoms with E-state index < -0.39 is 18.3 Å². The highest BCUT2D eigenvalue weighted by Gasteiger charge is 2.50. The van der Waals surface area contributed by atoms with Crippen molar-refractivity contribution in [3.63, 3.8) is 0 Å². The van der Waals surface area contributed by atoms with Gasteiger partial charge < -0.3 is 15.3 Å². The number of thiazole rings is 1. The maximum absolute atomic E-state index is 10.4. The van der Waals surface area contributed by atoms with Gasteiger partial charge in [0.15, 0.2) is 0 Å². The van der Waals surface area contributed by atoms with Gasteiger partial charge >= 0.3 is 0 Å². The van der Waals surface area contributed by atoms with E-state index in [1.54, 1.807) is 11.8 Å². The molecule has 0 saturated heterocycles. The molecule has 0 spiro atoms. The lowest BCUT2D eigenvalue weighted by atomic mass is 9.60. The molecule has 1 aromatic rings. The van der Waals surface area contributed by atoms with Crippen molar-refractivity contribution >= 4 is 11.3 Å². The number of rotatable bonds is 7. The second-order valence-electron chi connectivity index (χ2n) is 11.0. The number of aliphatic hydroxyl groups is 3. The fourth-order valence-electron chi connectivity index (χ4n) is 7.04. The van der Waals surface area contributed by atoms with Crippen LogP contribution in [-0.2, 0) is 0 Å². The average molecular weight is 472 g/mol. The van der Waals surface area contributed by atoms with Gasteiger partial charge in [-0.2, -0.15) is 0 Å². The van der Waals surface area contributed by atoms with Crippen molar-refractivity contribution < 1.29 is 15.3 Å². The number of aliphatic hydroxyl groups excluding tert-OH is 3. The fraction of sp³-hybridized carbons (Fsp3) is 0.679. The first kappa shape index (κ1) is 24.8. The molecule has 182 valence electrons. The van der Waals surface area contributed by atoms with Crippen molar-refractivity contribution in [3.05, 3.63) is 52.0 Å². The number of hydrogen-bond donors (Lipinski definition) is 3. The molecule has 7 atom stereocenters. The average Bonchev–Trinajstić information content (AvgIpc) is 3.43. The predicted molar refractivity (Wildman–Crippen MR) is 135 cm³/mol. The quantitative estimate of drug-likeness (QED) is 0.448. The standard InChI is InChI=1S/C28H41NO3S/c1-18(6-4-8-25(31)27-29-14-15-33-27)23-11-12-24-20(7-5-13-28(23,24)3)9-10-21-16-22(30)17-26(32)19(21)2/h9-10,14-15,18,22-26,30-32H,2,4-8,11-13,16-17H2,1,3H3/b20-9+,21-10-/t18-,22+,23+,24-,25+,26-,28+/m0/s1. The highest BCUT2D eigenvalue weighted by molar-refractivity contribution is 7.09. The highest BCUT2D eigenvalue weighted by atomic mass is 32.1. The van der Waals surface area contributed by atoms with E-state index in [1.165, 1.54) is 37.0 Å². The number of aromatic nitrogens is 1. The molecule has 0 radical (unpaired) electrons. The Bertz CT molecular complexity index is 876. The van der Waals surface area contributed by atoms with Crippen LogP contribution in [0.4, 0.5) is 0 Å². The minimum Gasteiger partial charge on any atom is -0.393 e. The third-order valence-corrected chi connectivity index (χ3v) is 9.74. The van der Waals surface area contributed by atoms with Crippen molar-refractivity contribution in [2.75, 3.05) is 0 Å². The first-order valence-electron chi connectivity index (χ1n) is 12.8. The zero-order valence-electron chi connectivity index (χ0n) is 20.2. The Balaban J connectivity index is 1.39. The van der Waals surface area contributed by atoms with Gasteiger partial charge in [0.1, 0.15) is 11.1 Å². The van der Waals surface area contributed by atoms with Crippen LogP contribution in [0.25, 0.3) is 0 Å². The molecule has 3 aliphatic rings. The second-order valence-corrected chi connectivity index (χ2v) is 11.9. The third-order valence-electron chi connectivity index (χ3n) is 8.86. The molecule has 0 amide bonds. The minimum atomic E-state index is -0.624. The van der Waals surface area contributed by atoms with Crippen molar-refractivity contribution in [1.29, 1.82) is 0 Å². The van der Waals surface area contributed by atoms with Gasteiger partial charge in [-0.25, -0.2) is 4.98 Å². The van der Waals surface area contributed by atoms with E-state index in [2.05, 4.69) is 37.6 Å². The Morgan fingerprint density at radius 1 is 1.27 bits per heavy atom. The van der Waals surface area contributed by atoms with Crippen LogP contribution in [0.2, 0.25) is 0 Å². The molecule has 0 aromatic carbocycles. The molecule has 4 nitrogen and oxygen atoms in total. The SMILES string of the molecule is C=C1/C(=C\C=C2/CCC[C@]3(C)[C@@H]([C@@H](C)CCC[C@@H](O)c4nccs4)CC[C@@H]23)C[C@@H](O)C[C@@H]1O. The Labute approximate surface area is 203 Å². The Hall–Kier alpha value is -1.27. The predicted octanol–water partition coefficient (Wildman–Crippen LogP) is 6.12. The number of nitrogens with zero attached hydrogens (tertiary/aromatic N) is 1. The Morgan fingerprint density at radius 2 is 2.09 bits per heavy atom. The smallest absolute Gasteiger partial charge is 0.121 e. The summed E-state index contributed by atoms with van der Waals surface area (Å²) in [5.41, 5.74) is 3.67. The summed E-state index contributed by atoms with van der Waals surface area (Å²) in [6.07, 6.45) is 14.9. The van der Waals surface area contributed by atoms with E-state index in [4.69, 9.17) is 0 Å². The van der Waals surface area contributed by atoms with Gasteiger partial charge in [-0.15, -0.1) is 11.3 Å². The Morgan fingerprint density at radius 3 is 2.85 bits per heavy atom. The number of fused-ring (bicyclic) bond motifs is 1. The third kappa shape index (κ3) is 5.37. The summed E-state index contributed by atoms with van der Waals surface area (Å²) in [6.45, 7) is 9.00. The van der Waals surface area contributed by atoms with E-state index in [0.29, 0.717) is 30.1 Å². The van der Waals surface area contributed by atoms with Crippen LogP contribution in [0, 0.1) is 23.2 Å². The first-order chi connectivity index (χ1) is 15.8. The van der Waals surface area contributed by atoms with Crippen molar-refractivity contribution in [1.82, 2.24) is 4.98 Å². The van der Waals surface area contributed by atoms with Gasteiger partial charge in [0, 0.05) is 18.0 Å². The molecular weight excluding hydrogens is 430 g/mol. The van der Waals surface area contributed by atoms with Gasteiger partial charge in [0.05, 0.1) is 12.2 Å². The maximum atomic E-state index is 10.4. The van der Waals surface area contributed by atoms with Crippen LogP contribution < -0.4 is 0 Å². The monoisotopic (exact) mass is 471 g/mol. The lowest BCUT2D eigenvalue weighted by Gasteiger charge is -2.44. The molecule has 3 fully saturated rings. The molecule has 3 saturated carbocycles. The van der Waals surface area contributed by atoms with Gasteiger partial charge in [0.2, 0.25) is 0 Å². The normalized spacial score (nSPS) is 36.8. The van der Waals surface area contributed by atoms with Crippen LogP contribution in [0.3, 0.4) is 0 Å². The molecular formula is C28H41NO3S. The van der Waals surface area contributed by atoms with Crippen molar-refractivity contribution in [3.8, 4) is 0 Å². The second kappa shape index (κ2) is 10.6. The van der Waals surface area contributed by atoms with Crippen LogP contribution in [0.5, 0.6) is 0 Å². The highest BCUT2D eigenvalue weighted by Crippen LogP contribution is 2.60. The lowest BCUT2D eigenvalue weighted by molar-refractivity contribution is 0.0860. The largest absolute Gasteiger partial charge is 0.393 e. The molecule has 33 heavy (non-hydrogen) atoms. The van der Waals surface area contributed by atoms with Gasteiger partial charge in [-0.1, -0.05) is 51.0 Å². The van der Waals surface area contributed by atoms with Crippen molar-refractivity contribution in [2.45, 2.75) is 96.4 Å². The lowest BCUT2D eigenvalue weighted by Crippen LogP contribution is -2.36. The van der Waals surface area contributed by atoms with Crippen molar-refractivity contribution in [2.24, 2.45) is 23.2 Å². The summed E-state index contributed by atoms with van der Waals surface area (Å²) in [5.74, 6) is 2.01. The molecule has 0 bridgehead atoms. The topological polar surface area (TPSA) is 73.6 Å². The first-order valence-corrected chi connectivity index (χ1v) is 13.7. The summed E-state index contributed by atoms with van der Waals surface area (Å²) in [6, 6.07) is 0. The van der Waals surface area contributed by atoms with Crippen LogP contribution in [0.15, 0.2) is 47.0 Å². The fourth-order valence-corrected chi connectivity index (χ4v) is 7.69. The molecule has 1 aromatic heterocycles. The van der Waals surface area contributed by atoms with E-state index in [0.717, 1.165) is 47.8 Å². The Kier molecular flexibility index (Phi) is 7.95. The van der Waals surface area contributed by atoms with E-state index in [-0.39, 0.29) is 0 Å². The van der Waals surface area contributed by atoms with E-state index in [9.17, 15) is 15.3 Å². The molecule has 3 N–H and O–H groups in total. The molecule has 4 rings (SSSR count). The molecule has 1 heterocycles. The zero-order chi connectivity index (χ0) is 23.6. The zero-order valence-corrected chi connectivity index (χ0v) is 21.1. The molecule has 0 aliphatic heterocycles. The summed E-state index contributed by atoms with van der Waals surface area (Å²) in [4.78, 5) is 4.25. The molecule has 0 unspecified atom stereocenters.